The molecule has 178 valence electrons. The first-order chi connectivity index (χ1) is 15.7. The molecule has 10 nitrogen and oxygen atoms in total. The number of rotatable bonds is 6. The van der Waals surface area contributed by atoms with Gasteiger partial charge >= 0.3 is 5.69 Å². The molecule has 0 radical (unpaired) electrons. The topological polar surface area (TPSA) is 98.7 Å². The lowest BCUT2D eigenvalue weighted by Gasteiger charge is -2.18. The average Bonchev–Trinajstić information content (AvgIpc) is 3.30. The second kappa shape index (κ2) is 8.35. The van der Waals surface area contributed by atoms with E-state index in [0.29, 0.717) is 35.0 Å². The monoisotopic (exact) mass is 458 g/mol. The van der Waals surface area contributed by atoms with Crippen molar-refractivity contribution in [2.24, 2.45) is 7.05 Å². The maximum absolute atomic E-state index is 13.1. The van der Waals surface area contributed by atoms with Gasteiger partial charge in [-0.05, 0) is 45.4 Å². The Hall–Kier alpha value is -3.11. The molecule has 4 rings (SSSR count). The summed E-state index contributed by atoms with van der Waals surface area (Å²) in [6.45, 7) is 7.95. The highest BCUT2D eigenvalue weighted by molar-refractivity contribution is 5.71. The molecule has 1 fully saturated rings. The molecule has 1 saturated heterocycles. The molecule has 0 spiro atoms. The van der Waals surface area contributed by atoms with Gasteiger partial charge in [0.05, 0.1) is 14.2 Å². The summed E-state index contributed by atoms with van der Waals surface area (Å²) in [6, 6.07) is 5.54. The quantitative estimate of drug-likeness (QED) is 0.560. The van der Waals surface area contributed by atoms with Crippen molar-refractivity contribution in [1.82, 2.24) is 18.7 Å². The van der Waals surface area contributed by atoms with E-state index in [1.54, 1.807) is 32.8 Å². The van der Waals surface area contributed by atoms with Crippen LogP contribution < -0.4 is 20.7 Å². The Balaban J connectivity index is 1.92. The Labute approximate surface area is 191 Å². The SMILES string of the molecule is CCn1c(=O)c2c(nc([C@H]3OC(C)(C)O[C@@H]3c3ccc(OC)c(OC)c3)n2C)n(CC)c1=O. The van der Waals surface area contributed by atoms with Gasteiger partial charge in [-0.1, -0.05) is 6.07 Å². The van der Waals surface area contributed by atoms with Gasteiger partial charge in [-0.3, -0.25) is 13.9 Å². The van der Waals surface area contributed by atoms with Crippen molar-refractivity contribution in [1.29, 1.82) is 0 Å². The molecular weight excluding hydrogens is 428 g/mol. The average molecular weight is 459 g/mol. The molecule has 10 heteroatoms. The minimum absolute atomic E-state index is 0.276. The molecule has 0 N–H and O–H groups in total. The first-order valence-electron chi connectivity index (χ1n) is 10.9. The van der Waals surface area contributed by atoms with E-state index in [9.17, 15) is 9.59 Å². The highest BCUT2D eigenvalue weighted by Gasteiger charge is 2.45. The second-order valence-electron chi connectivity index (χ2n) is 8.37. The number of aromatic nitrogens is 4. The van der Waals surface area contributed by atoms with E-state index in [4.69, 9.17) is 23.9 Å². The van der Waals surface area contributed by atoms with Crippen molar-refractivity contribution in [3.8, 4) is 11.5 Å². The van der Waals surface area contributed by atoms with Crippen LogP contribution in [-0.4, -0.2) is 38.7 Å². The number of ether oxygens (including phenoxy) is 4. The highest BCUT2D eigenvalue weighted by atomic mass is 16.8. The summed E-state index contributed by atoms with van der Waals surface area (Å²) in [5, 5.41) is 0. The van der Waals surface area contributed by atoms with Gasteiger partial charge in [-0.25, -0.2) is 9.78 Å². The van der Waals surface area contributed by atoms with Gasteiger partial charge in [0.1, 0.15) is 18.0 Å². The first-order valence-corrected chi connectivity index (χ1v) is 10.9. The summed E-state index contributed by atoms with van der Waals surface area (Å²) in [5.74, 6) is 0.778. The number of benzene rings is 1. The van der Waals surface area contributed by atoms with Crippen molar-refractivity contribution >= 4 is 11.2 Å². The van der Waals surface area contributed by atoms with Crippen LogP contribution in [0.4, 0.5) is 0 Å². The summed E-state index contributed by atoms with van der Waals surface area (Å²) < 4.78 is 27.8. The fourth-order valence-corrected chi connectivity index (χ4v) is 4.42. The van der Waals surface area contributed by atoms with Crippen LogP contribution in [0.15, 0.2) is 27.8 Å². The van der Waals surface area contributed by atoms with Gasteiger partial charge < -0.3 is 23.5 Å². The lowest BCUT2D eigenvalue weighted by Crippen LogP contribution is -2.39. The van der Waals surface area contributed by atoms with E-state index in [0.717, 1.165) is 5.56 Å². The minimum atomic E-state index is -0.894. The van der Waals surface area contributed by atoms with E-state index in [2.05, 4.69) is 0 Å². The molecule has 1 aliphatic rings. The number of fused-ring (bicyclic) bond motifs is 1. The van der Waals surface area contributed by atoms with Gasteiger partial charge in [0.15, 0.2) is 28.5 Å². The van der Waals surface area contributed by atoms with E-state index in [-0.39, 0.29) is 17.8 Å². The zero-order chi connectivity index (χ0) is 24.1. The molecule has 0 amide bonds. The zero-order valence-corrected chi connectivity index (χ0v) is 20.0. The minimum Gasteiger partial charge on any atom is -0.493 e. The summed E-state index contributed by atoms with van der Waals surface area (Å²) in [7, 11) is 4.91. The lowest BCUT2D eigenvalue weighted by atomic mass is 10.0. The first kappa shape index (κ1) is 23.1. The molecule has 0 saturated carbocycles. The summed E-state index contributed by atoms with van der Waals surface area (Å²) in [5.41, 5.74) is 0.766. The predicted octanol–water partition coefficient (Wildman–Crippen LogP) is 2.52. The van der Waals surface area contributed by atoms with E-state index < -0.39 is 18.0 Å². The molecule has 1 aliphatic heterocycles. The molecule has 33 heavy (non-hydrogen) atoms. The normalized spacial score (nSPS) is 19.8. The van der Waals surface area contributed by atoms with Gasteiger partial charge in [-0.15, -0.1) is 0 Å². The molecule has 0 aliphatic carbocycles. The summed E-state index contributed by atoms with van der Waals surface area (Å²) in [4.78, 5) is 30.7. The molecule has 0 unspecified atom stereocenters. The third kappa shape index (κ3) is 3.63. The smallest absolute Gasteiger partial charge is 0.332 e. The van der Waals surface area contributed by atoms with Crippen LogP contribution in [0.5, 0.6) is 11.5 Å². The maximum atomic E-state index is 13.1. The number of hydrogen-bond donors (Lipinski definition) is 0. The van der Waals surface area contributed by atoms with Crippen molar-refractivity contribution in [2.45, 2.75) is 58.8 Å². The summed E-state index contributed by atoms with van der Waals surface area (Å²) >= 11 is 0. The van der Waals surface area contributed by atoms with Gasteiger partial charge in [0.2, 0.25) is 0 Å². The van der Waals surface area contributed by atoms with Crippen LogP contribution >= 0.6 is 0 Å². The van der Waals surface area contributed by atoms with Crippen LogP contribution in [0.25, 0.3) is 11.2 Å². The molecule has 3 aromatic rings. The van der Waals surface area contributed by atoms with Crippen molar-refractivity contribution < 1.29 is 18.9 Å². The Bertz CT molecular complexity index is 1320. The fourth-order valence-electron chi connectivity index (χ4n) is 4.42. The molecule has 2 atom stereocenters. The Morgan fingerprint density at radius 3 is 2.24 bits per heavy atom. The van der Waals surface area contributed by atoms with Gasteiger partial charge in [0.25, 0.3) is 5.56 Å². The zero-order valence-electron chi connectivity index (χ0n) is 20.0. The maximum Gasteiger partial charge on any atom is 0.332 e. The third-order valence-electron chi connectivity index (χ3n) is 6.00. The number of nitrogens with zero attached hydrogens (tertiary/aromatic N) is 4. The van der Waals surface area contributed by atoms with Gasteiger partial charge in [-0.2, -0.15) is 0 Å². The Morgan fingerprint density at radius 2 is 1.64 bits per heavy atom. The van der Waals surface area contributed by atoms with Gasteiger partial charge in [0, 0.05) is 20.1 Å². The van der Waals surface area contributed by atoms with E-state index >= 15 is 0 Å². The number of hydrogen-bond acceptors (Lipinski definition) is 7. The number of aryl methyl sites for hydroxylation is 2. The predicted molar refractivity (Wildman–Crippen MR) is 122 cm³/mol. The Kier molecular flexibility index (Phi) is 5.83. The largest absolute Gasteiger partial charge is 0.493 e. The van der Waals surface area contributed by atoms with Crippen molar-refractivity contribution in [3.05, 3.63) is 50.4 Å². The molecule has 2 aromatic heterocycles. The van der Waals surface area contributed by atoms with Crippen LogP contribution in [0, 0.1) is 0 Å². The molecule has 3 heterocycles. The van der Waals surface area contributed by atoms with Crippen molar-refractivity contribution in [3.63, 3.8) is 0 Å². The standard InChI is InChI=1S/C23H30N4O6/c1-8-26-19-16(21(28)27(9-2)22(26)29)25(5)20(24-19)18-17(32-23(3,4)33-18)13-10-11-14(30-6)15(12-13)31-7/h10-12,17-18H,8-9H2,1-7H3/t17-,18+/m1/s1. The lowest BCUT2D eigenvalue weighted by molar-refractivity contribution is -0.148. The molecule has 1 aromatic carbocycles. The van der Waals surface area contributed by atoms with E-state index in [1.807, 2.05) is 39.0 Å². The second-order valence-corrected chi connectivity index (χ2v) is 8.37. The van der Waals surface area contributed by atoms with Crippen LogP contribution in [0.3, 0.4) is 0 Å². The molecular formula is C23H30N4O6. The number of imidazole rings is 1. The van der Waals surface area contributed by atoms with Crippen LogP contribution in [0.2, 0.25) is 0 Å². The van der Waals surface area contributed by atoms with E-state index in [1.165, 1.54) is 9.13 Å². The molecule has 0 bridgehead atoms. The fraction of sp³-hybridized carbons (Fsp3) is 0.522. The number of methoxy groups -OCH3 is 2. The third-order valence-corrected chi connectivity index (χ3v) is 6.00. The Morgan fingerprint density at radius 1 is 1.00 bits per heavy atom. The summed E-state index contributed by atoms with van der Waals surface area (Å²) in [6.07, 6.45) is -1.14. The van der Waals surface area contributed by atoms with Crippen LogP contribution in [-0.2, 0) is 29.6 Å². The highest BCUT2D eigenvalue weighted by Crippen LogP contribution is 2.48. The van der Waals surface area contributed by atoms with Crippen LogP contribution in [0.1, 0.15) is 51.3 Å². The van der Waals surface area contributed by atoms with Crippen molar-refractivity contribution in [2.75, 3.05) is 14.2 Å².